The molecule has 2 heterocycles. The highest BCUT2D eigenvalue weighted by Gasteiger charge is 2.27. The monoisotopic (exact) mass is 349 g/mol. The molecule has 0 aliphatic carbocycles. The fourth-order valence-electron chi connectivity index (χ4n) is 3.69. The SMILES string of the molecule is O=C(Cn1c2c(c3ccccc31)CCN(C(=O)c1ccccc1)C2)NO. The van der Waals surface area contributed by atoms with Crippen LogP contribution in [0.15, 0.2) is 54.6 Å². The number of fused-ring (bicyclic) bond motifs is 3. The van der Waals surface area contributed by atoms with Crippen molar-refractivity contribution in [2.45, 2.75) is 19.5 Å². The zero-order chi connectivity index (χ0) is 18.1. The molecule has 4 rings (SSSR count). The molecule has 0 radical (unpaired) electrons. The summed E-state index contributed by atoms with van der Waals surface area (Å²) >= 11 is 0. The zero-order valence-corrected chi connectivity index (χ0v) is 14.2. The summed E-state index contributed by atoms with van der Waals surface area (Å²) < 4.78 is 1.89. The molecule has 0 atom stereocenters. The van der Waals surface area contributed by atoms with Crippen molar-refractivity contribution in [2.24, 2.45) is 0 Å². The van der Waals surface area contributed by atoms with Crippen molar-refractivity contribution in [1.82, 2.24) is 14.9 Å². The molecule has 0 bridgehead atoms. The summed E-state index contributed by atoms with van der Waals surface area (Å²) in [5.41, 5.74) is 5.41. The first-order chi connectivity index (χ1) is 12.7. The van der Waals surface area contributed by atoms with Gasteiger partial charge in [-0.2, -0.15) is 0 Å². The minimum atomic E-state index is -0.486. The lowest BCUT2D eigenvalue weighted by atomic mass is 10.0. The van der Waals surface area contributed by atoms with Crippen molar-refractivity contribution in [1.29, 1.82) is 0 Å². The van der Waals surface area contributed by atoms with Crippen LogP contribution in [0.25, 0.3) is 10.9 Å². The molecule has 1 aliphatic rings. The molecule has 3 aromatic rings. The van der Waals surface area contributed by atoms with Crippen molar-refractivity contribution >= 4 is 22.7 Å². The molecule has 2 N–H and O–H groups in total. The topological polar surface area (TPSA) is 74.6 Å². The molecule has 1 aliphatic heterocycles. The number of hydrogen-bond acceptors (Lipinski definition) is 3. The minimum Gasteiger partial charge on any atom is -0.333 e. The van der Waals surface area contributed by atoms with Crippen LogP contribution < -0.4 is 5.48 Å². The molecule has 1 aromatic heterocycles. The van der Waals surface area contributed by atoms with Crippen LogP contribution in [0.4, 0.5) is 0 Å². The van der Waals surface area contributed by atoms with Gasteiger partial charge in [0, 0.05) is 28.7 Å². The predicted octanol–water partition coefficient (Wildman–Crippen LogP) is 2.35. The van der Waals surface area contributed by atoms with Crippen molar-refractivity contribution < 1.29 is 14.8 Å². The Labute approximate surface area is 150 Å². The Hall–Kier alpha value is -3.12. The third-order valence-electron chi connectivity index (χ3n) is 4.90. The van der Waals surface area contributed by atoms with Crippen LogP contribution in [0.1, 0.15) is 21.6 Å². The molecule has 6 nitrogen and oxygen atoms in total. The van der Waals surface area contributed by atoms with Crippen LogP contribution in [-0.2, 0) is 24.3 Å². The van der Waals surface area contributed by atoms with Gasteiger partial charge in [0.2, 0.25) is 0 Å². The van der Waals surface area contributed by atoms with Crippen molar-refractivity contribution in [3.8, 4) is 0 Å². The Balaban J connectivity index is 1.74. The predicted molar refractivity (Wildman–Crippen MR) is 96.8 cm³/mol. The maximum atomic E-state index is 12.8. The summed E-state index contributed by atoms with van der Waals surface area (Å²) in [6.07, 6.45) is 0.738. The van der Waals surface area contributed by atoms with E-state index in [0.29, 0.717) is 18.7 Å². The quantitative estimate of drug-likeness (QED) is 0.563. The summed E-state index contributed by atoms with van der Waals surface area (Å²) in [6.45, 7) is 1.09. The highest BCUT2D eigenvalue weighted by Crippen LogP contribution is 2.31. The number of hydroxylamine groups is 1. The summed E-state index contributed by atoms with van der Waals surface area (Å²) in [4.78, 5) is 26.4. The van der Waals surface area contributed by atoms with Gasteiger partial charge >= 0.3 is 0 Å². The lowest BCUT2D eigenvalue weighted by molar-refractivity contribution is -0.129. The normalized spacial score (nSPS) is 13.5. The van der Waals surface area contributed by atoms with E-state index in [4.69, 9.17) is 5.21 Å². The van der Waals surface area contributed by atoms with Gasteiger partial charge in [0.1, 0.15) is 6.54 Å². The molecular formula is C20H19N3O3. The van der Waals surface area contributed by atoms with Crippen LogP contribution in [0.5, 0.6) is 0 Å². The van der Waals surface area contributed by atoms with Gasteiger partial charge in [-0.1, -0.05) is 36.4 Å². The Kier molecular flexibility index (Phi) is 4.18. The molecule has 26 heavy (non-hydrogen) atoms. The summed E-state index contributed by atoms with van der Waals surface area (Å²) in [6, 6.07) is 17.1. The molecule has 0 saturated carbocycles. The van der Waals surface area contributed by atoms with Crippen molar-refractivity contribution in [3.05, 3.63) is 71.4 Å². The number of carbonyl (C=O) groups excluding carboxylic acids is 2. The second-order valence-electron chi connectivity index (χ2n) is 6.41. The third-order valence-corrected chi connectivity index (χ3v) is 4.90. The van der Waals surface area contributed by atoms with Crippen LogP contribution in [0, 0.1) is 0 Å². The van der Waals surface area contributed by atoms with E-state index in [0.717, 1.165) is 23.0 Å². The molecule has 0 spiro atoms. The first-order valence-electron chi connectivity index (χ1n) is 8.55. The zero-order valence-electron chi connectivity index (χ0n) is 14.2. The Morgan fingerprint density at radius 1 is 1.04 bits per heavy atom. The third kappa shape index (κ3) is 2.74. The van der Waals surface area contributed by atoms with E-state index in [1.165, 1.54) is 5.56 Å². The maximum Gasteiger partial charge on any atom is 0.263 e. The molecule has 0 unspecified atom stereocenters. The number of hydrogen-bond donors (Lipinski definition) is 2. The molecule has 6 heteroatoms. The highest BCUT2D eigenvalue weighted by atomic mass is 16.5. The van der Waals surface area contributed by atoms with Gasteiger partial charge in [0.25, 0.3) is 11.8 Å². The van der Waals surface area contributed by atoms with Gasteiger partial charge in [0.15, 0.2) is 0 Å². The van der Waals surface area contributed by atoms with Crippen molar-refractivity contribution in [2.75, 3.05) is 6.54 Å². The first-order valence-corrected chi connectivity index (χ1v) is 8.55. The van der Waals surface area contributed by atoms with E-state index >= 15 is 0 Å². The van der Waals surface area contributed by atoms with E-state index in [9.17, 15) is 9.59 Å². The van der Waals surface area contributed by atoms with Crippen molar-refractivity contribution in [3.63, 3.8) is 0 Å². The number of para-hydroxylation sites is 1. The van der Waals surface area contributed by atoms with Gasteiger partial charge in [0.05, 0.1) is 6.54 Å². The largest absolute Gasteiger partial charge is 0.333 e. The van der Waals surface area contributed by atoms with E-state index < -0.39 is 5.91 Å². The van der Waals surface area contributed by atoms with Crippen LogP contribution in [0.3, 0.4) is 0 Å². The molecule has 0 saturated heterocycles. The van der Waals surface area contributed by atoms with E-state index in [1.54, 1.807) is 5.48 Å². The summed E-state index contributed by atoms with van der Waals surface area (Å²) in [5.74, 6) is -0.500. The van der Waals surface area contributed by atoms with Crippen LogP contribution in [-0.4, -0.2) is 33.0 Å². The van der Waals surface area contributed by atoms with E-state index in [1.807, 2.05) is 64.1 Å². The minimum absolute atomic E-state index is 0.0136. The number of nitrogens with zero attached hydrogens (tertiary/aromatic N) is 2. The first kappa shape index (κ1) is 16.4. The number of carbonyl (C=O) groups is 2. The standard InChI is InChI=1S/C20H19N3O3/c24-19(21-26)13-23-17-9-5-4-8-15(17)16-10-11-22(12-18(16)23)20(25)14-6-2-1-3-7-14/h1-9,26H,10-13H2,(H,21,24). The smallest absolute Gasteiger partial charge is 0.263 e. The highest BCUT2D eigenvalue weighted by molar-refractivity contribution is 5.95. The number of aromatic nitrogens is 1. The average molecular weight is 349 g/mol. The van der Waals surface area contributed by atoms with Gasteiger partial charge in [-0.3, -0.25) is 14.8 Å². The fraction of sp³-hybridized carbons (Fsp3) is 0.200. The van der Waals surface area contributed by atoms with E-state index in [2.05, 4.69) is 0 Å². The van der Waals surface area contributed by atoms with E-state index in [-0.39, 0.29) is 12.5 Å². The molecular weight excluding hydrogens is 330 g/mol. The molecule has 0 fully saturated rings. The summed E-state index contributed by atoms with van der Waals surface area (Å²) in [7, 11) is 0. The van der Waals surface area contributed by atoms with Gasteiger partial charge in [-0.15, -0.1) is 0 Å². The number of rotatable bonds is 3. The molecule has 2 amide bonds. The lowest BCUT2D eigenvalue weighted by Gasteiger charge is -2.28. The number of nitrogens with one attached hydrogen (secondary N) is 1. The lowest BCUT2D eigenvalue weighted by Crippen LogP contribution is -2.37. The summed E-state index contributed by atoms with van der Waals surface area (Å²) in [5, 5.41) is 10.0. The second-order valence-corrected chi connectivity index (χ2v) is 6.41. The van der Waals surface area contributed by atoms with Gasteiger partial charge in [-0.05, 0) is 30.2 Å². The Bertz CT molecular complexity index is 979. The van der Waals surface area contributed by atoms with Gasteiger partial charge in [-0.25, -0.2) is 5.48 Å². The van der Waals surface area contributed by atoms with Crippen LogP contribution >= 0.6 is 0 Å². The van der Waals surface area contributed by atoms with Crippen LogP contribution in [0.2, 0.25) is 0 Å². The van der Waals surface area contributed by atoms with Gasteiger partial charge < -0.3 is 9.47 Å². The number of amides is 2. The fourth-order valence-corrected chi connectivity index (χ4v) is 3.69. The average Bonchev–Trinajstić information content (AvgIpc) is 3.01. The molecule has 132 valence electrons. The Morgan fingerprint density at radius 3 is 2.54 bits per heavy atom. The maximum absolute atomic E-state index is 12.8. The Morgan fingerprint density at radius 2 is 1.77 bits per heavy atom. The molecule has 2 aromatic carbocycles. The second kappa shape index (κ2) is 6.65. The number of benzene rings is 2.